The highest BCUT2D eigenvalue weighted by Gasteiger charge is 2.22. The van der Waals surface area contributed by atoms with Crippen molar-refractivity contribution >= 4 is 0 Å². The van der Waals surface area contributed by atoms with Crippen LogP contribution in [0.25, 0.3) is 0 Å². The molecule has 0 radical (unpaired) electrons. The summed E-state index contributed by atoms with van der Waals surface area (Å²) in [7, 11) is 0. The Hall–Kier alpha value is -1.00. The topological polar surface area (TPSA) is 15.3 Å². The molecule has 0 spiro atoms. The molecule has 1 fully saturated rings. The number of halogens is 2. The van der Waals surface area contributed by atoms with Gasteiger partial charge in [-0.2, -0.15) is 0 Å². The largest absolute Gasteiger partial charge is 0.315 e. The fourth-order valence-corrected chi connectivity index (χ4v) is 2.52. The molecule has 0 aromatic heterocycles. The molecule has 0 aliphatic carbocycles. The first-order chi connectivity index (χ1) is 8.72. The number of nitrogens with zero attached hydrogens (tertiary/aromatic N) is 1. The minimum Gasteiger partial charge on any atom is -0.315 e. The van der Waals surface area contributed by atoms with E-state index in [1.165, 1.54) is 6.07 Å². The van der Waals surface area contributed by atoms with Gasteiger partial charge in [-0.1, -0.05) is 19.1 Å². The Morgan fingerprint density at radius 2 is 2.22 bits per heavy atom. The molecule has 1 N–H and O–H groups in total. The predicted octanol–water partition coefficient (Wildman–Crippen LogP) is 2.54. The summed E-state index contributed by atoms with van der Waals surface area (Å²) in [5.41, 5.74) is 0.454. The lowest BCUT2D eigenvalue weighted by atomic mass is 10.1. The fourth-order valence-electron chi connectivity index (χ4n) is 2.52. The van der Waals surface area contributed by atoms with Gasteiger partial charge in [0, 0.05) is 24.7 Å². The number of hydrogen-bond donors (Lipinski definition) is 1. The maximum Gasteiger partial charge on any atom is 0.163 e. The molecule has 0 saturated carbocycles. The second-order valence-electron chi connectivity index (χ2n) is 4.83. The van der Waals surface area contributed by atoms with E-state index in [0.29, 0.717) is 18.2 Å². The quantitative estimate of drug-likeness (QED) is 0.868. The van der Waals surface area contributed by atoms with Gasteiger partial charge in [0.2, 0.25) is 0 Å². The molecule has 1 aliphatic rings. The zero-order valence-electron chi connectivity index (χ0n) is 10.8. The number of hydrogen-bond acceptors (Lipinski definition) is 2. The Kier molecular flexibility index (Phi) is 4.66. The van der Waals surface area contributed by atoms with Crippen LogP contribution in [0.4, 0.5) is 8.78 Å². The van der Waals surface area contributed by atoms with Crippen LogP contribution in [0.1, 0.15) is 25.3 Å². The maximum absolute atomic E-state index is 13.7. The Balaban J connectivity index is 2.10. The number of rotatable bonds is 5. The van der Waals surface area contributed by atoms with Gasteiger partial charge in [-0.3, -0.25) is 4.90 Å². The standard InChI is InChI=1S/C14H20F2N2/c1-2-8-18(12-6-7-17-9-12)10-11-4-3-5-13(15)14(11)16/h3-5,12,17H,2,6-10H2,1H3. The van der Waals surface area contributed by atoms with Crippen LogP contribution >= 0.6 is 0 Å². The molecule has 18 heavy (non-hydrogen) atoms. The van der Waals surface area contributed by atoms with Crippen molar-refractivity contribution in [2.45, 2.75) is 32.4 Å². The van der Waals surface area contributed by atoms with Crippen molar-refractivity contribution in [3.8, 4) is 0 Å². The van der Waals surface area contributed by atoms with Gasteiger partial charge in [-0.15, -0.1) is 0 Å². The summed E-state index contributed by atoms with van der Waals surface area (Å²) in [5.74, 6) is -1.46. The molecule has 1 saturated heterocycles. The van der Waals surface area contributed by atoms with E-state index in [4.69, 9.17) is 0 Å². The molecular weight excluding hydrogens is 234 g/mol. The van der Waals surface area contributed by atoms with Gasteiger partial charge in [-0.05, 0) is 32.0 Å². The first-order valence-corrected chi connectivity index (χ1v) is 6.60. The summed E-state index contributed by atoms with van der Waals surface area (Å²) >= 11 is 0. The summed E-state index contributed by atoms with van der Waals surface area (Å²) in [6, 6.07) is 4.85. The molecule has 1 heterocycles. The third-order valence-electron chi connectivity index (χ3n) is 3.47. The predicted molar refractivity (Wildman–Crippen MR) is 68.3 cm³/mol. The smallest absolute Gasteiger partial charge is 0.163 e. The SMILES string of the molecule is CCCN(Cc1cccc(F)c1F)C1CCNC1. The van der Waals surface area contributed by atoms with Crippen LogP contribution in [-0.4, -0.2) is 30.6 Å². The van der Waals surface area contributed by atoms with Gasteiger partial charge in [0.25, 0.3) is 0 Å². The highest BCUT2D eigenvalue weighted by Crippen LogP contribution is 2.17. The Morgan fingerprint density at radius 3 is 2.89 bits per heavy atom. The minimum atomic E-state index is -0.756. The first-order valence-electron chi connectivity index (χ1n) is 6.60. The van der Waals surface area contributed by atoms with E-state index >= 15 is 0 Å². The summed E-state index contributed by atoms with van der Waals surface area (Å²) < 4.78 is 26.9. The molecule has 1 unspecified atom stereocenters. The molecule has 1 aromatic rings. The van der Waals surface area contributed by atoms with Crippen LogP contribution in [0.5, 0.6) is 0 Å². The Bertz CT molecular complexity index is 389. The van der Waals surface area contributed by atoms with Crippen LogP contribution in [0.3, 0.4) is 0 Å². The van der Waals surface area contributed by atoms with Gasteiger partial charge >= 0.3 is 0 Å². The summed E-state index contributed by atoms with van der Waals surface area (Å²) in [6.07, 6.45) is 2.10. The van der Waals surface area contributed by atoms with Crippen molar-refractivity contribution in [1.29, 1.82) is 0 Å². The molecule has 0 bridgehead atoms. The molecule has 0 amide bonds. The van der Waals surface area contributed by atoms with Crippen LogP contribution in [-0.2, 0) is 6.54 Å². The molecular formula is C14H20F2N2. The van der Waals surface area contributed by atoms with Crippen molar-refractivity contribution in [2.75, 3.05) is 19.6 Å². The van der Waals surface area contributed by atoms with Crippen molar-refractivity contribution in [3.63, 3.8) is 0 Å². The van der Waals surface area contributed by atoms with Gasteiger partial charge < -0.3 is 5.32 Å². The molecule has 1 aromatic carbocycles. The molecule has 4 heteroatoms. The van der Waals surface area contributed by atoms with E-state index < -0.39 is 11.6 Å². The van der Waals surface area contributed by atoms with Crippen LogP contribution in [0, 0.1) is 11.6 Å². The van der Waals surface area contributed by atoms with Crippen molar-refractivity contribution in [2.24, 2.45) is 0 Å². The molecule has 1 aliphatic heterocycles. The summed E-state index contributed by atoms with van der Waals surface area (Å²) in [4.78, 5) is 2.25. The van der Waals surface area contributed by atoms with Crippen LogP contribution < -0.4 is 5.32 Å². The zero-order chi connectivity index (χ0) is 13.0. The lowest BCUT2D eigenvalue weighted by molar-refractivity contribution is 0.196. The summed E-state index contributed by atoms with van der Waals surface area (Å²) in [6.45, 7) is 5.47. The highest BCUT2D eigenvalue weighted by molar-refractivity contribution is 5.19. The third kappa shape index (κ3) is 3.06. The molecule has 2 rings (SSSR count). The van der Waals surface area contributed by atoms with E-state index in [1.807, 2.05) is 0 Å². The average molecular weight is 254 g/mol. The number of nitrogens with one attached hydrogen (secondary N) is 1. The van der Waals surface area contributed by atoms with Crippen LogP contribution in [0.2, 0.25) is 0 Å². The average Bonchev–Trinajstić information content (AvgIpc) is 2.88. The van der Waals surface area contributed by atoms with Crippen molar-refractivity contribution < 1.29 is 8.78 Å². The summed E-state index contributed by atoms with van der Waals surface area (Å²) in [5, 5.41) is 3.31. The normalized spacial score (nSPS) is 19.7. The van der Waals surface area contributed by atoms with Gasteiger partial charge in [-0.25, -0.2) is 8.78 Å². The van der Waals surface area contributed by atoms with Gasteiger partial charge in [0.15, 0.2) is 11.6 Å². The van der Waals surface area contributed by atoms with E-state index in [1.54, 1.807) is 12.1 Å². The van der Waals surface area contributed by atoms with Crippen LogP contribution in [0.15, 0.2) is 18.2 Å². The second-order valence-corrected chi connectivity index (χ2v) is 4.83. The minimum absolute atomic E-state index is 0.438. The monoisotopic (exact) mass is 254 g/mol. The van der Waals surface area contributed by atoms with Crippen molar-refractivity contribution in [1.82, 2.24) is 10.2 Å². The van der Waals surface area contributed by atoms with Crippen molar-refractivity contribution in [3.05, 3.63) is 35.4 Å². The second kappa shape index (κ2) is 6.25. The Labute approximate surface area is 107 Å². The molecule has 100 valence electrons. The van der Waals surface area contributed by atoms with Gasteiger partial charge in [0.05, 0.1) is 0 Å². The van der Waals surface area contributed by atoms with E-state index in [0.717, 1.165) is 32.5 Å². The first kappa shape index (κ1) is 13.4. The van der Waals surface area contributed by atoms with E-state index in [9.17, 15) is 8.78 Å². The lowest BCUT2D eigenvalue weighted by Gasteiger charge is -2.28. The fraction of sp³-hybridized carbons (Fsp3) is 0.571. The highest BCUT2D eigenvalue weighted by atomic mass is 19.2. The van der Waals surface area contributed by atoms with E-state index in [-0.39, 0.29) is 0 Å². The zero-order valence-corrected chi connectivity index (χ0v) is 10.8. The lowest BCUT2D eigenvalue weighted by Crippen LogP contribution is -2.37. The van der Waals surface area contributed by atoms with E-state index in [2.05, 4.69) is 17.1 Å². The molecule has 1 atom stereocenters. The number of benzene rings is 1. The maximum atomic E-state index is 13.7. The Morgan fingerprint density at radius 1 is 1.39 bits per heavy atom. The third-order valence-corrected chi connectivity index (χ3v) is 3.47. The molecule has 2 nitrogen and oxygen atoms in total. The van der Waals surface area contributed by atoms with Gasteiger partial charge in [0.1, 0.15) is 0 Å².